The van der Waals surface area contributed by atoms with Gasteiger partial charge < -0.3 is 19.3 Å². The molecule has 1 N–H and O–H groups in total. The van der Waals surface area contributed by atoms with Crippen molar-refractivity contribution in [3.8, 4) is 5.75 Å². The van der Waals surface area contributed by atoms with Gasteiger partial charge in [0.05, 0.1) is 0 Å². The summed E-state index contributed by atoms with van der Waals surface area (Å²) in [6, 6.07) is 23.9. The number of hydrogen-bond donors (Lipinski definition) is 1. The molecule has 1 aromatic heterocycles. The van der Waals surface area contributed by atoms with Crippen molar-refractivity contribution in [1.29, 1.82) is 0 Å². The number of ether oxygens (including phenoxy) is 1. The molecule has 0 aliphatic rings. The van der Waals surface area contributed by atoms with Crippen molar-refractivity contribution in [2.24, 2.45) is 0 Å². The summed E-state index contributed by atoms with van der Waals surface area (Å²) < 4.78 is 7.86. The topological polar surface area (TPSA) is 71.8 Å². The molecule has 4 rings (SSSR count). The van der Waals surface area contributed by atoms with Crippen LogP contribution >= 0.6 is 0 Å². The van der Waals surface area contributed by atoms with Gasteiger partial charge in [0.25, 0.3) is 0 Å². The lowest BCUT2D eigenvalue weighted by Gasteiger charge is -2.18. The van der Waals surface area contributed by atoms with Gasteiger partial charge in [0.15, 0.2) is 0 Å². The predicted molar refractivity (Wildman–Crippen MR) is 142 cm³/mol. The molecule has 36 heavy (non-hydrogen) atoms. The van der Waals surface area contributed by atoms with Gasteiger partial charge in [0, 0.05) is 42.3 Å². The Bertz CT molecular complexity index is 1370. The molecular weight excluding hydrogens is 452 g/mol. The third kappa shape index (κ3) is 6.42. The quantitative estimate of drug-likeness (QED) is 0.310. The van der Waals surface area contributed by atoms with E-state index in [2.05, 4.69) is 12.1 Å². The number of aryl methyl sites for hydroxylation is 1. The smallest absolute Gasteiger partial charge is 0.328 e. The minimum absolute atomic E-state index is 0.0173. The number of rotatable bonds is 10. The molecule has 0 unspecified atom stereocenters. The molecule has 0 aliphatic carbocycles. The van der Waals surface area contributed by atoms with E-state index in [9.17, 15) is 9.59 Å². The Labute approximate surface area is 211 Å². The summed E-state index contributed by atoms with van der Waals surface area (Å²) in [5, 5.41) is 9.96. The monoisotopic (exact) mass is 482 g/mol. The summed E-state index contributed by atoms with van der Waals surface area (Å²) in [6.45, 7) is 3.25. The number of carboxylic acid groups (broad SMARTS) is 1. The molecule has 0 aliphatic heterocycles. The van der Waals surface area contributed by atoms with Crippen molar-refractivity contribution in [2.45, 2.75) is 26.5 Å². The van der Waals surface area contributed by atoms with Gasteiger partial charge in [-0.3, -0.25) is 4.79 Å². The fourth-order valence-electron chi connectivity index (χ4n) is 4.00. The van der Waals surface area contributed by atoms with E-state index in [4.69, 9.17) is 9.84 Å². The molecule has 1 amide bonds. The first kappa shape index (κ1) is 24.8. The average molecular weight is 483 g/mol. The van der Waals surface area contributed by atoms with Gasteiger partial charge in [-0.25, -0.2) is 4.79 Å². The molecule has 1 heterocycles. The van der Waals surface area contributed by atoms with Crippen LogP contribution in [0.15, 0.2) is 85.1 Å². The average Bonchev–Trinajstić information content (AvgIpc) is 3.22. The largest absolute Gasteiger partial charge is 0.489 e. The second-order valence-electron chi connectivity index (χ2n) is 8.89. The molecule has 6 heteroatoms. The SMILES string of the molecule is Cc1ccc(COc2ccc3c(c2)c(C=CC(=O)O)cn3CC(=O)N(C)CCc2ccccc2)cc1. The Morgan fingerprint density at radius 2 is 1.75 bits per heavy atom. The van der Waals surface area contributed by atoms with Gasteiger partial charge in [-0.1, -0.05) is 60.2 Å². The highest BCUT2D eigenvalue weighted by Gasteiger charge is 2.14. The molecule has 4 aromatic rings. The number of hydrogen-bond acceptors (Lipinski definition) is 3. The van der Waals surface area contributed by atoms with Crippen LogP contribution in [0.1, 0.15) is 22.3 Å². The third-order valence-electron chi connectivity index (χ3n) is 6.13. The van der Waals surface area contributed by atoms with E-state index in [1.54, 1.807) is 18.0 Å². The number of benzene rings is 3. The molecule has 6 nitrogen and oxygen atoms in total. The van der Waals surface area contributed by atoms with Gasteiger partial charge in [-0.15, -0.1) is 0 Å². The van der Waals surface area contributed by atoms with Crippen molar-refractivity contribution in [2.75, 3.05) is 13.6 Å². The lowest BCUT2D eigenvalue weighted by atomic mass is 10.1. The number of carbonyl (C=O) groups is 2. The molecule has 0 bridgehead atoms. The number of nitrogens with zero attached hydrogens (tertiary/aromatic N) is 2. The number of aliphatic carboxylic acids is 1. The maximum Gasteiger partial charge on any atom is 0.328 e. The van der Waals surface area contributed by atoms with Crippen LogP contribution in [0, 0.1) is 6.92 Å². The highest BCUT2D eigenvalue weighted by atomic mass is 16.5. The molecule has 0 radical (unpaired) electrons. The first-order valence-electron chi connectivity index (χ1n) is 11.9. The van der Waals surface area contributed by atoms with Crippen LogP contribution < -0.4 is 4.74 Å². The summed E-state index contributed by atoms with van der Waals surface area (Å²) in [5.41, 5.74) is 4.99. The van der Waals surface area contributed by atoms with Gasteiger partial charge in [0.1, 0.15) is 18.9 Å². The van der Waals surface area contributed by atoms with E-state index in [1.807, 2.05) is 78.4 Å². The number of likely N-dealkylation sites (N-methyl/N-ethyl adjacent to an activating group) is 1. The molecule has 0 spiro atoms. The maximum atomic E-state index is 13.0. The van der Waals surface area contributed by atoms with E-state index < -0.39 is 5.97 Å². The number of fused-ring (bicyclic) bond motifs is 1. The van der Waals surface area contributed by atoms with Crippen molar-refractivity contribution >= 4 is 28.9 Å². The van der Waals surface area contributed by atoms with Crippen LogP contribution in [0.5, 0.6) is 5.75 Å². The van der Waals surface area contributed by atoms with E-state index in [-0.39, 0.29) is 12.5 Å². The summed E-state index contributed by atoms with van der Waals surface area (Å²) in [6.07, 6.45) is 5.25. The van der Waals surface area contributed by atoms with Gasteiger partial charge >= 0.3 is 5.97 Å². The lowest BCUT2D eigenvalue weighted by molar-refractivity contribution is -0.131. The van der Waals surface area contributed by atoms with E-state index >= 15 is 0 Å². The minimum Gasteiger partial charge on any atom is -0.489 e. The van der Waals surface area contributed by atoms with Crippen molar-refractivity contribution in [3.05, 3.63) is 107 Å². The Hall–Kier alpha value is -4.32. The Morgan fingerprint density at radius 1 is 1.00 bits per heavy atom. The zero-order valence-corrected chi connectivity index (χ0v) is 20.6. The van der Waals surface area contributed by atoms with Crippen LogP contribution in [-0.4, -0.2) is 40.0 Å². The highest BCUT2D eigenvalue weighted by Crippen LogP contribution is 2.28. The fraction of sp³-hybridized carbons (Fsp3) is 0.200. The molecule has 184 valence electrons. The number of carboxylic acids is 1. The summed E-state index contributed by atoms with van der Waals surface area (Å²) in [5.74, 6) is -0.368. The normalized spacial score (nSPS) is 11.2. The zero-order valence-electron chi connectivity index (χ0n) is 20.6. The first-order valence-corrected chi connectivity index (χ1v) is 11.9. The van der Waals surface area contributed by atoms with Gasteiger partial charge in [0.2, 0.25) is 5.91 Å². The van der Waals surface area contributed by atoms with Crippen LogP contribution in [0.25, 0.3) is 17.0 Å². The van der Waals surface area contributed by atoms with Gasteiger partial charge in [-0.05, 0) is 48.7 Å². The second kappa shape index (κ2) is 11.4. The van der Waals surface area contributed by atoms with Gasteiger partial charge in [-0.2, -0.15) is 0 Å². The van der Waals surface area contributed by atoms with Crippen LogP contribution in [0.4, 0.5) is 0 Å². The Morgan fingerprint density at radius 3 is 2.47 bits per heavy atom. The summed E-state index contributed by atoms with van der Waals surface area (Å²) >= 11 is 0. The molecule has 0 saturated carbocycles. The number of amides is 1. The molecule has 0 fully saturated rings. The maximum absolute atomic E-state index is 13.0. The third-order valence-corrected chi connectivity index (χ3v) is 6.13. The summed E-state index contributed by atoms with van der Waals surface area (Å²) in [4.78, 5) is 25.8. The van der Waals surface area contributed by atoms with E-state index in [1.165, 1.54) is 11.1 Å². The van der Waals surface area contributed by atoms with Crippen molar-refractivity contribution in [3.63, 3.8) is 0 Å². The Balaban J connectivity index is 1.52. The minimum atomic E-state index is -1.03. The fourth-order valence-corrected chi connectivity index (χ4v) is 4.00. The molecule has 0 atom stereocenters. The first-order chi connectivity index (χ1) is 17.4. The lowest BCUT2D eigenvalue weighted by Crippen LogP contribution is -2.31. The number of aromatic nitrogens is 1. The van der Waals surface area contributed by atoms with E-state index in [0.29, 0.717) is 24.5 Å². The predicted octanol–water partition coefficient (Wildman–Crippen LogP) is 5.33. The van der Waals surface area contributed by atoms with Crippen LogP contribution in [-0.2, 0) is 29.2 Å². The van der Waals surface area contributed by atoms with Crippen molar-refractivity contribution in [1.82, 2.24) is 9.47 Å². The molecule has 3 aromatic carbocycles. The van der Waals surface area contributed by atoms with Crippen LogP contribution in [0.2, 0.25) is 0 Å². The van der Waals surface area contributed by atoms with Crippen molar-refractivity contribution < 1.29 is 19.4 Å². The molecular formula is C30H30N2O4. The van der Waals surface area contributed by atoms with E-state index in [0.717, 1.165) is 29.0 Å². The Kier molecular flexibility index (Phi) is 7.85. The standard InChI is InChI=1S/C30H30N2O4/c1-22-8-10-24(11-9-22)21-36-26-13-14-28-27(18-26)25(12-15-30(34)35)19-32(28)20-29(33)31(2)17-16-23-6-4-3-5-7-23/h3-15,18-19H,16-17,20-21H2,1-2H3,(H,34,35). The second-order valence-corrected chi connectivity index (χ2v) is 8.89. The number of carbonyl (C=O) groups excluding carboxylic acids is 1. The highest BCUT2D eigenvalue weighted by molar-refractivity contribution is 5.95. The zero-order chi connectivity index (χ0) is 25.5. The molecule has 0 saturated heterocycles. The summed E-state index contributed by atoms with van der Waals surface area (Å²) in [7, 11) is 1.80. The van der Waals surface area contributed by atoms with Crippen LogP contribution in [0.3, 0.4) is 0 Å².